The van der Waals surface area contributed by atoms with Crippen molar-refractivity contribution in [3.63, 3.8) is 0 Å². The van der Waals surface area contributed by atoms with Gasteiger partial charge in [-0.3, -0.25) is 0 Å². The summed E-state index contributed by atoms with van der Waals surface area (Å²) in [4.78, 5) is 0. The molecule has 1 N–H and O–H groups in total. The monoisotopic (exact) mass is 266 g/mol. The van der Waals surface area contributed by atoms with Crippen molar-refractivity contribution in [1.82, 2.24) is 0 Å². The average molecular weight is 266 g/mol. The largest absolute Gasteiger partial charge is 0.394 e. The van der Waals surface area contributed by atoms with Gasteiger partial charge in [-0.2, -0.15) is 0 Å². The molecule has 3 atom stereocenters. The summed E-state index contributed by atoms with van der Waals surface area (Å²) in [6.45, 7) is 1.95. The predicted octanol–water partition coefficient (Wildman–Crippen LogP) is 0.704. The van der Waals surface area contributed by atoms with Gasteiger partial charge in [-0.15, -0.1) is 0 Å². The van der Waals surface area contributed by atoms with Gasteiger partial charge in [0.1, 0.15) is 7.85 Å². The Bertz CT molecular complexity index is 126. The minimum absolute atomic E-state index is 0.0538. The van der Waals surface area contributed by atoms with Crippen molar-refractivity contribution in [3.05, 3.63) is 0 Å². The fourth-order valence-electron chi connectivity index (χ4n) is 1.48. The molecule has 4 heteroatoms. The van der Waals surface area contributed by atoms with E-state index in [0.717, 1.165) is 10.8 Å². The zero-order valence-corrected chi connectivity index (χ0v) is 8.74. The first-order valence-corrected chi connectivity index (χ1v) is 5.25. The van der Waals surface area contributed by atoms with E-state index in [2.05, 4.69) is 22.6 Å². The lowest BCUT2D eigenvalue weighted by Gasteiger charge is -2.18. The summed E-state index contributed by atoms with van der Waals surface area (Å²) in [7, 11) is 5.77. The molecule has 1 rings (SSSR count). The average Bonchev–Trinajstić information content (AvgIpc) is 2.25. The van der Waals surface area contributed by atoms with Gasteiger partial charge in [0.05, 0.1) is 12.7 Å². The highest BCUT2D eigenvalue weighted by atomic mass is 127. The van der Waals surface area contributed by atoms with Gasteiger partial charge in [0.25, 0.3) is 0 Å². The lowest BCUT2D eigenvalue weighted by Crippen LogP contribution is -2.26. The van der Waals surface area contributed by atoms with Gasteiger partial charge in [0.2, 0.25) is 0 Å². The van der Waals surface area contributed by atoms with Crippen molar-refractivity contribution in [2.24, 2.45) is 5.92 Å². The van der Waals surface area contributed by atoms with E-state index in [0.29, 0.717) is 5.92 Å². The molecule has 0 amide bonds. The summed E-state index contributed by atoms with van der Waals surface area (Å²) in [5, 5.41) is 8.92. The van der Waals surface area contributed by atoms with Gasteiger partial charge in [-0.1, -0.05) is 22.6 Å². The van der Waals surface area contributed by atoms with Gasteiger partial charge in [0.15, 0.2) is 0 Å². The Hall–Kier alpha value is 0.715. The van der Waals surface area contributed by atoms with Gasteiger partial charge >= 0.3 is 0 Å². The Morgan fingerprint density at radius 1 is 1.82 bits per heavy atom. The zero-order valence-electron chi connectivity index (χ0n) is 6.59. The second-order valence-corrected chi connectivity index (χ2v) is 4.15. The van der Waals surface area contributed by atoms with Crippen molar-refractivity contribution in [3.8, 4) is 0 Å². The van der Waals surface area contributed by atoms with Crippen LogP contribution in [0.3, 0.4) is 0 Å². The molecule has 2 unspecified atom stereocenters. The first-order chi connectivity index (χ1) is 5.09. The van der Waals surface area contributed by atoms with Crippen LogP contribution in [-0.4, -0.2) is 35.6 Å². The molecule has 1 heterocycles. The predicted molar refractivity (Wildman–Crippen MR) is 53.1 cm³/mol. The highest BCUT2D eigenvalue weighted by Gasteiger charge is 2.38. The summed E-state index contributed by atoms with van der Waals surface area (Å²) >= 11 is 2.30. The molecule has 62 valence electrons. The van der Waals surface area contributed by atoms with Crippen molar-refractivity contribution >= 4 is 30.4 Å². The quantitative estimate of drug-likeness (QED) is 0.453. The first kappa shape index (κ1) is 9.80. The third-order valence-electron chi connectivity index (χ3n) is 1.99. The Kier molecular flexibility index (Phi) is 3.22. The molecule has 1 fully saturated rings. The SMILES string of the molecule is [B]C1(C)CC(CI)[C@@H](CO)O1. The lowest BCUT2D eigenvalue weighted by molar-refractivity contribution is -0.0103. The van der Waals surface area contributed by atoms with Gasteiger partial charge in [0, 0.05) is 9.93 Å². The highest BCUT2D eigenvalue weighted by molar-refractivity contribution is 14.1. The van der Waals surface area contributed by atoms with Crippen LogP contribution in [0.15, 0.2) is 0 Å². The Labute approximate surface area is 82.2 Å². The van der Waals surface area contributed by atoms with Crippen LogP contribution >= 0.6 is 22.6 Å². The van der Waals surface area contributed by atoms with Crippen LogP contribution in [0.2, 0.25) is 0 Å². The molecule has 0 spiro atoms. The van der Waals surface area contributed by atoms with Gasteiger partial charge in [-0.25, -0.2) is 0 Å². The van der Waals surface area contributed by atoms with Crippen LogP contribution in [0.1, 0.15) is 13.3 Å². The third-order valence-corrected chi connectivity index (χ3v) is 3.12. The Balaban J connectivity index is 2.55. The Morgan fingerprint density at radius 2 is 2.45 bits per heavy atom. The molecule has 0 saturated carbocycles. The highest BCUT2D eigenvalue weighted by Crippen LogP contribution is 2.33. The molecular weight excluding hydrogens is 254 g/mol. The van der Waals surface area contributed by atoms with E-state index in [4.69, 9.17) is 17.7 Å². The molecule has 0 aromatic heterocycles. The van der Waals surface area contributed by atoms with Crippen LogP contribution in [0.25, 0.3) is 0 Å². The van der Waals surface area contributed by atoms with Crippen LogP contribution in [0.5, 0.6) is 0 Å². The van der Waals surface area contributed by atoms with Crippen LogP contribution in [-0.2, 0) is 4.74 Å². The second-order valence-electron chi connectivity index (χ2n) is 3.27. The molecule has 1 aliphatic heterocycles. The van der Waals surface area contributed by atoms with E-state index in [1.807, 2.05) is 6.92 Å². The number of rotatable bonds is 2. The van der Waals surface area contributed by atoms with Gasteiger partial charge < -0.3 is 9.84 Å². The second kappa shape index (κ2) is 3.62. The lowest BCUT2D eigenvalue weighted by atomic mass is 9.79. The molecule has 2 nitrogen and oxygen atoms in total. The van der Waals surface area contributed by atoms with Gasteiger partial charge in [-0.05, 0) is 19.3 Å². The number of aliphatic hydroxyl groups excluding tert-OH is 1. The number of hydrogen-bond acceptors (Lipinski definition) is 2. The molecule has 1 aliphatic rings. The molecule has 2 radical (unpaired) electrons. The maximum absolute atomic E-state index is 8.92. The maximum atomic E-state index is 8.92. The minimum atomic E-state index is -0.525. The van der Waals surface area contributed by atoms with Crippen molar-refractivity contribution < 1.29 is 9.84 Å². The van der Waals surface area contributed by atoms with Crippen molar-refractivity contribution in [2.45, 2.75) is 24.9 Å². The van der Waals surface area contributed by atoms with E-state index in [9.17, 15) is 0 Å². The van der Waals surface area contributed by atoms with E-state index in [1.165, 1.54) is 0 Å². The van der Waals surface area contributed by atoms with Crippen molar-refractivity contribution in [2.75, 3.05) is 11.0 Å². The van der Waals surface area contributed by atoms with E-state index >= 15 is 0 Å². The number of aliphatic hydroxyl groups is 1. The topological polar surface area (TPSA) is 29.5 Å². The number of alkyl halides is 1. The maximum Gasteiger partial charge on any atom is 0.113 e. The molecule has 0 bridgehead atoms. The number of halogens is 1. The number of hydrogen-bond donors (Lipinski definition) is 1. The summed E-state index contributed by atoms with van der Waals surface area (Å²) in [5.41, 5.74) is -0.525. The van der Waals surface area contributed by atoms with Crippen LogP contribution < -0.4 is 0 Å². The van der Waals surface area contributed by atoms with E-state index in [1.54, 1.807) is 0 Å². The van der Waals surface area contributed by atoms with E-state index in [-0.39, 0.29) is 12.7 Å². The smallest absolute Gasteiger partial charge is 0.113 e. The third kappa shape index (κ3) is 2.32. The minimum Gasteiger partial charge on any atom is -0.394 e. The van der Waals surface area contributed by atoms with Crippen LogP contribution in [0, 0.1) is 5.92 Å². The molecule has 0 aromatic rings. The number of ether oxygens (including phenoxy) is 1. The summed E-state index contributed by atoms with van der Waals surface area (Å²) in [6.07, 6.45) is 0.795. The Morgan fingerprint density at radius 3 is 2.82 bits per heavy atom. The standard InChI is InChI=1S/C7H12BIO2/c1-7(8)2-5(3-9)6(4-10)11-7/h5-6,10H,2-4H2,1H3/t5?,6-,7?/m1/s1. The summed E-state index contributed by atoms with van der Waals surface area (Å²) in [5.74, 6) is 0.413. The fourth-order valence-corrected chi connectivity index (χ4v) is 2.36. The molecule has 0 aromatic carbocycles. The molecule has 1 saturated heterocycles. The molecule has 0 aliphatic carbocycles. The molecular formula is C7H12BIO2. The normalized spacial score (nSPS) is 44.6. The molecule has 11 heavy (non-hydrogen) atoms. The summed E-state index contributed by atoms with van der Waals surface area (Å²) in [6, 6.07) is 0. The fraction of sp³-hybridized carbons (Fsp3) is 1.00. The van der Waals surface area contributed by atoms with E-state index < -0.39 is 5.50 Å². The first-order valence-electron chi connectivity index (χ1n) is 3.72. The zero-order chi connectivity index (χ0) is 8.48. The van der Waals surface area contributed by atoms with Crippen LogP contribution in [0.4, 0.5) is 0 Å². The van der Waals surface area contributed by atoms with Crippen molar-refractivity contribution in [1.29, 1.82) is 0 Å². The summed E-state index contributed by atoms with van der Waals surface area (Å²) < 4.78 is 6.42.